The molecule has 0 unspecified atom stereocenters. The number of carbonyl (C=O) groups excluding carboxylic acids is 2. The van der Waals surface area contributed by atoms with Crippen molar-refractivity contribution in [1.29, 1.82) is 0 Å². The van der Waals surface area contributed by atoms with Crippen molar-refractivity contribution in [2.24, 2.45) is 0 Å². The van der Waals surface area contributed by atoms with E-state index < -0.39 is 5.41 Å². The molecule has 0 spiro atoms. The van der Waals surface area contributed by atoms with Crippen LogP contribution in [0, 0.1) is 0 Å². The van der Waals surface area contributed by atoms with Gasteiger partial charge in [-0.25, -0.2) is 0 Å². The molecule has 1 amide bonds. The zero-order valence-corrected chi connectivity index (χ0v) is 14.9. The lowest BCUT2D eigenvalue weighted by Crippen LogP contribution is -2.33. The Balaban J connectivity index is 1.55. The zero-order valence-electron chi connectivity index (χ0n) is 13.3. The van der Waals surface area contributed by atoms with Gasteiger partial charge in [0.25, 0.3) is 5.91 Å². The van der Waals surface area contributed by atoms with Crippen molar-refractivity contribution in [3.63, 3.8) is 0 Å². The standard InChI is InChI=1S/C18H18ClNO3S/c1-20(10-13-6-9-24-12-13)16(21)11-23-17(22)18(7-8-18)14-2-4-15(19)5-3-14/h2-6,9,12H,7-8,10-11H2,1H3. The van der Waals surface area contributed by atoms with Crippen molar-refractivity contribution in [3.05, 3.63) is 57.2 Å². The van der Waals surface area contributed by atoms with Crippen molar-refractivity contribution in [1.82, 2.24) is 4.90 Å². The third-order valence-electron chi connectivity index (χ3n) is 4.29. The maximum absolute atomic E-state index is 12.4. The summed E-state index contributed by atoms with van der Waals surface area (Å²) in [6.07, 6.45) is 1.48. The summed E-state index contributed by atoms with van der Waals surface area (Å²) < 4.78 is 5.30. The Labute approximate surface area is 150 Å². The first-order chi connectivity index (χ1) is 11.5. The average molecular weight is 364 g/mol. The fourth-order valence-electron chi connectivity index (χ4n) is 2.62. The summed E-state index contributed by atoms with van der Waals surface area (Å²) in [6.45, 7) is 0.289. The quantitative estimate of drug-likeness (QED) is 0.736. The van der Waals surface area contributed by atoms with Gasteiger partial charge < -0.3 is 9.64 Å². The van der Waals surface area contributed by atoms with E-state index in [-0.39, 0.29) is 18.5 Å². The Kier molecular flexibility index (Phi) is 4.92. The van der Waals surface area contributed by atoms with Crippen LogP contribution in [0.1, 0.15) is 24.0 Å². The molecule has 0 radical (unpaired) electrons. The van der Waals surface area contributed by atoms with Gasteiger partial charge in [-0.1, -0.05) is 23.7 Å². The number of rotatable bonds is 6. The van der Waals surface area contributed by atoms with Crippen molar-refractivity contribution < 1.29 is 14.3 Å². The van der Waals surface area contributed by atoms with E-state index in [9.17, 15) is 9.59 Å². The summed E-state index contributed by atoms with van der Waals surface area (Å²) in [5.74, 6) is -0.538. The number of hydrogen-bond donors (Lipinski definition) is 0. The smallest absolute Gasteiger partial charge is 0.317 e. The van der Waals surface area contributed by atoms with E-state index in [0.717, 1.165) is 24.0 Å². The minimum atomic E-state index is -0.600. The molecule has 6 heteroatoms. The molecule has 1 aliphatic carbocycles. The molecule has 1 aliphatic rings. The van der Waals surface area contributed by atoms with Crippen molar-refractivity contribution in [2.45, 2.75) is 24.8 Å². The molecule has 1 fully saturated rings. The monoisotopic (exact) mass is 363 g/mol. The number of amides is 1. The number of esters is 1. The van der Waals surface area contributed by atoms with Crippen molar-refractivity contribution >= 4 is 34.8 Å². The Bertz CT molecular complexity index is 723. The second kappa shape index (κ2) is 6.95. The lowest BCUT2D eigenvalue weighted by molar-refractivity contribution is -0.154. The molecular formula is C18H18ClNO3S. The topological polar surface area (TPSA) is 46.6 Å². The van der Waals surface area contributed by atoms with Crippen LogP contribution in [0.2, 0.25) is 5.02 Å². The fraction of sp³-hybridized carbons (Fsp3) is 0.333. The SMILES string of the molecule is CN(Cc1ccsc1)C(=O)COC(=O)C1(c2ccc(Cl)cc2)CC1. The largest absolute Gasteiger partial charge is 0.455 e. The third-order valence-corrected chi connectivity index (χ3v) is 5.27. The van der Waals surface area contributed by atoms with Crippen LogP contribution < -0.4 is 0 Å². The summed E-state index contributed by atoms with van der Waals surface area (Å²) in [4.78, 5) is 26.1. The van der Waals surface area contributed by atoms with Gasteiger partial charge in [-0.3, -0.25) is 9.59 Å². The number of ether oxygens (including phenoxy) is 1. The van der Waals surface area contributed by atoms with Gasteiger partial charge in [-0.15, -0.1) is 0 Å². The highest BCUT2D eigenvalue weighted by Crippen LogP contribution is 2.49. The minimum absolute atomic E-state index is 0.207. The van der Waals surface area contributed by atoms with Gasteiger partial charge in [-0.05, 0) is 52.9 Å². The number of benzene rings is 1. The number of hydrogen-bond acceptors (Lipinski definition) is 4. The van der Waals surface area contributed by atoms with Gasteiger partial charge >= 0.3 is 5.97 Å². The summed E-state index contributed by atoms with van der Waals surface area (Å²) in [6, 6.07) is 9.20. The highest BCUT2D eigenvalue weighted by atomic mass is 35.5. The molecule has 1 aromatic carbocycles. The van der Waals surface area contributed by atoms with E-state index in [4.69, 9.17) is 16.3 Å². The second-order valence-corrected chi connectivity index (χ2v) is 7.26. The van der Waals surface area contributed by atoms with E-state index in [0.29, 0.717) is 11.6 Å². The second-order valence-electron chi connectivity index (χ2n) is 6.05. The van der Waals surface area contributed by atoms with Crippen molar-refractivity contribution in [2.75, 3.05) is 13.7 Å². The molecular weight excluding hydrogens is 346 g/mol. The highest BCUT2D eigenvalue weighted by molar-refractivity contribution is 7.07. The lowest BCUT2D eigenvalue weighted by atomic mass is 9.96. The first-order valence-electron chi connectivity index (χ1n) is 7.69. The molecule has 0 N–H and O–H groups in total. The molecule has 0 saturated heterocycles. The molecule has 126 valence electrons. The summed E-state index contributed by atoms with van der Waals surface area (Å²) in [5.41, 5.74) is 1.37. The Morgan fingerprint density at radius 2 is 1.96 bits per heavy atom. The first kappa shape index (κ1) is 17.0. The molecule has 0 bridgehead atoms. The van der Waals surface area contributed by atoms with Crippen LogP contribution in [-0.2, 0) is 26.3 Å². The number of halogens is 1. The number of nitrogens with zero attached hydrogens (tertiary/aromatic N) is 1. The van der Waals surface area contributed by atoms with Gasteiger partial charge in [0.05, 0.1) is 5.41 Å². The van der Waals surface area contributed by atoms with E-state index in [1.807, 2.05) is 29.0 Å². The molecule has 1 heterocycles. The molecule has 1 saturated carbocycles. The molecule has 0 aliphatic heterocycles. The molecule has 0 atom stereocenters. The van der Waals surface area contributed by atoms with Gasteiger partial charge in [0, 0.05) is 18.6 Å². The normalized spacial score (nSPS) is 14.9. The van der Waals surface area contributed by atoms with Crippen LogP contribution in [0.5, 0.6) is 0 Å². The van der Waals surface area contributed by atoms with Crippen LogP contribution >= 0.6 is 22.9 Å². The van der Waals surface area contributed by atoms with Crippen LogP contribution in [0.15, 0.2) is 41.1 Å². The number of likely N-dealkylation sites (N-methyl/N-ethyl adjacent to an activating group) is 1. The number of carbonyl (C=O) groups is 2. The maximum Gasteiger partial charge on any atom is 0.317 e. The van der Waals surface area contributed by atoms with Crippen LogP contribution in [-0.4, -0.2) is 30.4 Å². The predicted octanol–water partition coefficient (Wildman–Crippen LogP) is 3.63. The molecule has 1 aromatic heterocycles. The molecule has 3 rings (SSSR count). The Morgan fingerprint density at radius 1 is 1.25 bits per heavy atom. The average Bonchev–Trinajstić information content (AvgIpc) is 3.23. The van der Waals surface area contributed by atoms with Gasteiger partial charge in [0.15, 0.2) is 6.61 Å². The zero-order chi connectivity index (χ0) is 17.2. The summed E-state index contributed by atoms with van der Waals surface area (Å²) >= 11 is 7.48. The van der Waals surface area contributed by atoms with E-state index in [1.54, 1.807) is 35.4 Å². The van der Waals surface area contributed by atoms with E-state index in [2.05, 4.69) is 0 Å². The van der Waals surface area contributed by atoms with E-state index >= 15 is 0 Å². The summed E-state index contributed by atoms with van der Waals surface area (Å²) in [7, 11) is 1.71. The molecule has 24 heavy (non-hydrogen) atoms. The number of thiophene rings is 1. The van der Waals surface area contributed by atoms with Crippen LogP contribution in [0.25, 0.3) is 0 Å². The van der Waals surface area contributed by atoms with Crippen LogP contribution in [0.3, 0.4) is 0 Å². The van der Waals surface area contributed by atoms with Gasteiger partial charge in [0.1, 0.15) is 0 Å². The fourth-order valence-corrected chi connectivity index (χ4v) is 3.41. The Hall–Kier alpha value is -1.85. The lowest BCUT2D eigenvalue weighted by Gasteiger charge is -2.18. The third kappa shape index (κ3) is 3.62. The summed E-state index contributed by atoms with van der Waals surface area (Å²) in [5, 5.41) is 4.60. The van der Waals surface area contributed by atoms with Crippen LogP contribution in [0.4, 0.5) is 0 Å². The van der Waals surface area contributed by atoms with Gasteiger partial charge in [0.2, 0.25) is 0 Å². The molecule has 4 nitrogen and oxygen atoms in total. The van der Waals surface area contributed by atoms with Gasteiger partial charge in [-0.2, -0.15) is 11.3 Å². The predicted molar refractivity (Wildman–Crippen MR) is 94.1 cm³/mol. The molecule has 2 aromatic rings. The Morgan fingerprint density at radius 3 is 2.54 bits per heavy atom. The first-order valence-corrected chi connectivity index (χ1v) is 9.02. The minimum Gasteiger partial charge on any atom is -0.455 e. The highest BCUT2D eigenvalue weighted by Gasteiger charge is 2.52. The van der Waals surface area contributed by atoms with E-state index in [1.165, 1.54) is 0 Å². The maximum atomic E-state index is 12.4. The van der Waals surface area contributed by atoms with Crippen molar-refractivity contribution in [3.8, 4) is 0 Å².